The Balaban J connectivity index is 1.40. The summed E-state index contributed by atoms with van der Waals surface area (Å²) >= 11 is 0. The first-order valence-electron chi connectivity index (χ1n) is 10.3. The molecule has 7 nitrogen and oxygen atoms in total. The van der Waals surface area contributed by atoms with Gasteiger partial charge in [-0.15, -0.1) is 0 Å². The zero-order chi connectivity index (χ0) is 18.8. The topological polar surface area (TPSA) is 70.6 Å². The number of carbonyl (C=O) groups excluding carboxylic acids is 1. The van der Waals surface area contributed by atoms with Crippen molar-refractivity contribution in [3.63, 3.8) is 0 Å². The first-order valence-corrected chi connectivity index (χ1v) is 10.3. The molecule has 27 heavy (non-hydrogen) atoms. The lowest BCUT2D eigenvalue weighted by atomic mass is 9.94. The largest absolute Gasteiger partial charge is 0.378 e. The van der Waals surface area contributed by atoms with E-state index in [-0.39, 0.29) is 12.0 Å². The van der Waals surface area contributed by atoms with Gasteiger partial charge in [0.25, 0.3) is 0 Å². The van der Waals surface area contributed by atoms with Crippen LogP contribution in [0.5, 0.6) is 0 Å². The third-order valence-corrected chi connectivity index (χ3v) is 6.15. The molecule has 0 radical (unpaired) electrons. The minimum Gasteiger partial charge on any atom is -0.378 e. The van der Waals surface area contributed by atoms with Crippen LogP contribution in [0.25, 0.3) is 0 Å². The monoisotopic (exact) mass is 373 g/mol. The maximum Gasteiger partial charge on any atom is 0.225 e. The number of anilines is 1. The van der Waals surface area contributed by atoms with E-state index in [0.29, 0.717) is 12.3 Å². The van der Waals surface area contributed by atoms with E-state index in [9.17, 15) is 4.79 Å². The highest BCUT2D eigenvalue weighted by Gasteiger charge is 2.29. The number of carbonyl (C=O) groups is 1. The van der Waals surface area contributed by atoms with Gasteiger partial charge in [-0.25, -0.2) is 9.97 Å². The molecule has 4 rings (SSSR count). The first kappa shape index (κ1) is 18.6. The van der Waals surface area contributed by atoms with Crippen LogP contribution in [0.15, 0.2) is 0 Å². The maximum absolute atomic E-state index is 12.5. The molecule has 2 fully saturated rings. The number of aromatic nitrogens is 2. The molecule has 1 aromatic heterocycles. The number of likely N-dealkylation sites (N-methyl/N-ethyl adjacent to an activating group) is 1. The van der Waals surface area contributed by atoms with E-state index < -0.39 is 0 Å². The molecular weight excluding hydrogens is 342 g/mol. The summed E-state index contributed by atoms with van der Waals surface area (Å²) in [6.45, 7) is 4.34. The number of rotatable bonds is 4. The average Bonchev–Trinajstić information content (AvgIpc) is 3.20. The van der Waals surface area contributed by atoms with Crippen molar-refractivity contribution in [2.75, 3.05) is 45.7 Å². The molecule has 1 atom stereocenters. The number of ether oxygens (including phenoxy) is 1. The van der Waals surface area contributed by atoms with E-state index >= 15 is 0 Å². The number of likely N-dealkylation sites (tertiary alicyclic amines) is 1. The van der Waals surface area contributed by atoms with Crippen LogP contribution in [0.1, 0.15) is 55.1 Å². The Bertz CT molecular complexity index is 681. The Hall–Kier alpha value is -1.73. The Morgan fingerprint density at radius 2 is 2.04 bits per heavy atom. The zero-order valence-corrected chi connectivity index (χ0v) is 16.5. The van der Waals surface area contributed by atoms with Crippen molar-refractivity contribution in [1.29, 1.82) is 0 Å². The van der Waals surface area contributed by atoms with Gasteiger partial charge < -0.3 is 19.9 Å². The normalized spacial score (nSPS) is 24.1. The maximum atomic E-state index is 12.5. The molecule has 0 unspecified atom stereocenters. The average molecular weight is 374 g/mol. The summed E-state index contributed by atoms with van der Waals surface area (Å²) in [6, 6.07) is 0. The van der Waals surface area contributed by atoms with Gasteiger partial charge in [-0.2, -0.15) is 0 Å². The standard InChI is InChI=1S/C20H31N5O2/c1-21-20-16-7-8-24(2)13-17(16)22-19(23-20)14-5-9-25(10-6-14)18(26)12-15-4-3-11-27-15/h14-15H,3-13H2,1-2H3,(H,21,22,23)/t15-/m0/s1. The van der Waals surface area contributed by atoms with E-state index in [1.807, 2.05) is 11.9 Å². The van der Waals surface area contributed by atoms with Crippen LogP contribution in [-0.2, 0) is 22.5 Å². The van der Waals surface area contributed by atoms with Crippen molar-refractivity contribution in [3.8, 4) is 0 Å². The third kappa shape index (κ3) is 4.09. The fourth-order valence-corrected chi connectivity index (χ4v) is 4.49. The quantitative estimate of drug-likeness (QED) is 0.868. The van der Waals surface area contributed by atoms with Crippen LogP contribution < -0.4 is 5.32 Å². The fourth-order valence-electron chi connectivity index (χ4n) is 4.49. The van der Waals surface area contributed by atoms with Gasteiger partial charge in [-0.05, 0) is 39.2 Å². The highest BCUT2D eigenvalue weighted by atomic mass is 16.5. The molecule has 0 aliphatic carbocycles. The van der Waals surface area contributed by atoms with Gasteiger partial charge in [0.15, 0.2) is 0 Å². The van der Waals surface area contributed by atoms with Crippen molar-refractivity contribution in [2.45, 2.75) is 57.1 Å². The molecule has 148 valence electrons. The van der Waals surface area contributed by atoms with Crippen molar-refractivity contribution >= 4 is 11.7 Å². The highest BCUT2D eigenvalue weighted by Crippen LogP contribution is 2.30. The predicted octanol–water partition coefficient (Wildman–Crippen LogP) is 1.78. The molecule has 0 saturated carbocycles. The second-order valence-corrected chi connectivity index (χ2v) is 8.09. The molecule has 1 N–H and O–H groups in total. The minimum atomic E-state index is 0.134. The molecule has 4 heterocycles. The summed E-state index contributed by atoms with van der Waals surface area (Å²) in [5, 5.41) is 3.27. The van der Waals surface area contributed by atoms with E-state index in [4.69, 9.17) is 14.7 Å². The van der Waals surface area contributed by atoms with Gasteiger partial charge in [0.2, 0.25) is 5.91 Å². The van der Waals surface area contributed by atoms with E-state index in [0.717, 1.165) is 82.2 Å². The van der Waals surface area contributed by atoms with Crippen LogP contribution >= 0.6 is 0 Å². The number of fused-ring (bicyclic) bond motifs is 1. The summed E-state index contributed by atoms with van der Waals surface area (Å²) in [6.07, 6.45) is 5.65. The number of nitrogens with zero attached hydrogens (tertiary/aromatic N) is 4. The van der Waals surface area contributed by atoms with E-state index in [1.54, 1.807) is 0 Å². The summed E-state index contributed by atoms with van der Waals surface area (Å²) in [4.78, 5) is 26.6. The molecule has 2 saturated heterocycles. The van der Waals surface area contributed by atoms with Gasteiger partial charge in [0.05, 0.1) is 18.2 Å². The van der Waals surface area contributed by atoms with Gasteiger partial charge >= 0.3 is 0 Å². The second kappa shape index (κ2) is 8.10. The molecule has 0 spiro atoms. The predicted molar refractivity (Wildman–Crippen MR) is 104 cm³/mol. The van der Waals surface area contributed by atoms with Gasteiger partial charge in [0.1, 0.15) is 11.6 Å². The Kier molecular flexibility index (Phi) is 5.59. The molecule has 3 aliphatic heterocycles. The van der Waals surface area contributed by atoms with Gasteiger partial charge in [-0.3, -0.25) is 4.79 Å². The molecule has 3 aliphatic rings. The van der Waals surface area contributed by atoms with Crippen molar-refractivity contribution in [2.24, 2.45) is 0 Å². The molecule has 7 heteroatoms. The summed E-state index contributed by atoms with van der Waals surface area (Å²) < 4.78 is 5.61. The first-order chi connectivity index (χ1) is 13.1. The zero-order valence-electron chi connectivity index (χ0n) is 16.5. The Labute approximate surface area is 161 Å². The van der Waals surface area contributed by atoms with E-state index in [2.05, 4.69) is 17.3 Å². The van der Waals surface area contributed by atoms with Crippen molar-refractivity contribution in [3.05, 3.63) is 17.1 Å². The van der Waals surface area contributed by atoms with Crippen molar-refractivity contribution < 1.29 is 9.53 Å². The fraction of sp³-hybridized carbons (Fsp3) is 0.750. The lowest BCUT2D eigenvalue weighted by Crippen LogP contribution is -2.39. The van der Waals surface area contributed by atoms with Crippen LogP contribution in [0.3, 0.4) is 0 Å². The number of nitrogens with one attached hydrogen (secondary N) is 1. The number of hydrogen-bond donors (Lipinski definition) is 1. The molecular formula is C20H31N5O2. The lowest BCUT2D eigenvalue weighted by molar-refractivity contribution is -0.134. The summed E-state index contributed by atoms with van der Waals surface area (Å²) in [7, 11) is 4.08. The molecule has 1 aromatic rings. The smallest absolute Gasteiger partial charge is 0.225 e. The minimum absolute atomic E-state index is 0.134. The highest BCUT2D eigenvalue weighted by molar-refractivity contribution is 5.76. The van der Waals surface area contributed by atoms with Crippen molar-refractivity contribution in [1.82, 2.24) is 19.8 Å². The SMILES string of the molecule is CNc1nc(C2CCN(C(=O)C[C@@H]3CCCO3)CC2)nc2c1CCN(C)C2. The van der Waals surface area contributed by atoms with Crippen LogP contribution in [0.2, 0.25) is 0 Å². The van der Waals surface area contributed by atoms with Crippen LogP contribution in [-0.4, -0.2) is 72.1 Å². The third-order valence-electron chi connectivity index (χ3n) is 6.15. The van der Waals surface area contributed by atoms with Crippen LogP contribution in [0, 0.1) is 0 Å². The second-order valence-electron chi connectivity index (χ2n) is 8.09. The van der Waals surface area contributed by atoms with Gasteiger partial charge in [0, 0.05) is 51.3 Å². The molecule has 0 aromatic carbocycles. The molecule has 1 amide bonds. The number of piperidine rings is 1. The number of amides is 1. The van der Waals surface area contributed by atoms with Gasteiger partial charge in [-0.1, -0.05) is 0 Å². The summed E-state index contributed by atoms with van der Waals surface area (Å²) in [5.74, 6) is 2.50. The van der Waals surface area contributed by atoms with Crippen LogP contribution in [0.4, 0.5) is 5.82 Å². The Morgan fingerprint density at radius 3 is 2.74 bits per heavy atom. The summed E-state index contributed by atoms with van der Waals surface area (Å²) in [5.41, 5.74) is 2.43. The number of hydrogen-bond acceptors (Lipinski definition) is 6. The molecule has 0 bridgehead atoms. The Morgan fingerprint density at radius 1 is 1.22 bits per heavy atom. The van der Waals surface area contributed by atoms with E-state index in [1.165, 1.54) is 5.56 Å². The lowest BCUT2D eigenvalue weighted by Gasteiger charge is -2.33.